The fourth-order valence-electron chi connectivity index (χ4n) is 2.96. The minimum atomic E-state index is -0.370. The van der Waals surface area contributed by atoms with Crippen molar-refractivity contribution in [3.63, 3.8) is 0 Å². The molecule has 0 unspecified atom stereocenters. The summed E-state index contributed by atoms with van der Waals surface area (Å²) in [6, 6.07) is 6.23. The van der Waals surface area contributed by atoms with Crippen molar-refractivity contribution in [1.82, 2.24) is 0 Å². The van der Waals surface area contributed by atoms with E-state index in [2.05, 4.69) is 0 Å². The van der Waals surface area contributed by atoms with Gasteiger partial charge in [0.05, 0.1) is 25.3 Å². The van der Waals surface area contributed by atoms with Gasteiger partial charge in [-0.25, -0.2) is 9.59 Å². The molecule has 0 atom stereocenters. The first kappa shape index (κ1) is 21.8. The minimum Gasteiger partial charge on any atom is -0.493 e. The summed E-state index contributed by atoms with van der Waals surface area (Å²) in [5, 5.41) is 0. The Balaban J connectivity index is 1.41. The molecule has 0 radical (unpaired) electrons. The van der Waals surface area contributed by atoms with Crippen molar-refractivity contribution in [3.8, 4) is 11.5 Å². The Bertz CT molecular complexity index is 751. The molecule has 6 heteroatoms. The lowest BCUT2D eigenvalue weighted by Crippen LogP contribution is -2.03. The molecule has 0 bridgehead atoms. The monoisotopic (exact) mass is 390 g/mol. The first-order valence-electron chi connectivity index (χ1n) is 10.0. The van der Waals surface area contributed by atoms with Gasteiger partial charge in [-0.15, -0.1) is 0 Å². The summed E-state index contributed by atoms with van der Waals surface area (Å²) in [7, 11) is 0. The molecule has 0 spiro atoms. The van der Waals surface area contributed by atoms with Gasteiger partial charge in [-0.05, 0) is 26.7 Å². The van der Waals surface area contributed by atoms with Gasteiger partial charge >= 0.3 is 11.3 Å². The Hall–Kier alpha value is -2.50. The zero-order valence-electron chi connectivity index (χ0n) is 16.8. The van der Waals surface area contributed by atoms with Crippen molar-refractivity contribution < 1.29 is 18.3 Å². The molecule has 2 aromatic rings. The van der Waals surface area contributed by atoms with Crippen LogP contribution in [0.4, 0.5) is 0 Å². The van der Waals surface area contributed by atoms with Crippen LogP contribution in [-0.4, -0.2) is 13.2 Å². The van der Waals surface area contributed by atoms with E-state index in [4.69, 9.17) is 18.3 Å². The van der Waals surface area contributed by atoms with E-state index in [1.807, 2.05) is 0 Å². The zero-order valence-corrected chi connectivity index (χ0v) is 16.8. The van der Waals surface area contributed by atoms with Crippen molar-refractivity contribution in [1.29, 1.82) is 0 Å². The van der Waals surface area contributed by atoms with Crippen LogP contribution in [0.5, 0.6) is 11.5 Å². The van der Waals surface area contributed by atoms with E-state index in [1.54, 1.807) is 26.0 Å². The van der Waals surface area contributed by atoms with Crippen molar-refractivity contribution >= 4 is 0 Å². The molecule has 0 fully saturated rings. The largest absolute Gasteiger partial charge is 0.493 e. The van der Waals surface area contributed by atoms with Crippen LogP contribution in [0.25, 0.3) is 0 Å². The number of hydrogen-bond donors (Lipinski definition) is 0. The lowest BCUT2D eigenvalue weighted by Gasteiger charge is -2.07. The SMILES string of the molecule is Cc1cc(OCCCCCCCCCCOc2cc(C)oc(=O)c2)cc(=O)o1. The average Bonchev–Trinajstić information content (AvgIpc) is 2.61. The second-order valence-corrected chi connectivity index (χ2v) is 6.97. The molecule has 154 valence electrons. The predicted molar refractivity (Wildman–Crippen MR) is 107 cm³/mol. The highest BCUT2D eigenvalue weighted by molar-refractivity contribution is 5.20. The molecule has 2 heterocycles. The van der Waals surface area contributed by atoms with Crippen LogP contribution in [0.2, 0.25) is 0 Å². The topological polar surface area (TPSA) is 78.9 Å². The van der Waals surface area contributed by atoms with Crippen LogP contribution in [0.1, 0.15) is 62.9 Å². The molecule has 0 amide bonds. The molecular formula is C22H30O6. The number of aryl methyl sites for hydroxylation is 2. The van der Waals surface area contributed by atoms with Gasteiger partial charge in [0.25, 0.3) is 0 Å². The Morgan fingerprint density at radius 2 is 0.964 bits per heavy atom. The van der Waals surface area contributed by atoms with Crippen LogP contribution >= 0.6 is 0 Å². The van der Waals surface area contributed by atoms with Gasteiger partial charge in [0, 0.05) is 12.1 Å². The molecular weight excluding hydrogens is 360 g/mol. The normalized spacial score (nSPS) is 10.8. The van der Waals surface area contributed by atoms with Crippen LogP contribution < -0.4 is 20.7 Å². The molecule has 0 aliphatic heterocycles. The van der Waals surface area contributed by atoms with Gasteiger partial charge in [-0.1, -0.05) is 38.5 Å². The molecule has 2 aromatic heterocycles. The average molecular weight is 390 g/mol. The van der Waals surface area contributed by atoms with Gasteiger partial charge < -0.3 is 18.3 Å². The lowest BCUT2D eigenvalue weighted by molar-refractivity contribution is 0.296. The third-order valence-electron chi connectivity index (χ3n) is 4.31. The highest BCUT2D eigenvalue weighted by Crippen LogP contribution is 2.13. The highest BCUT2D eigenvalue weighted by Gasteiger charge is 2.00. The smallest absolute Gasteiger partial charge is 0.339 e. The van der Waals surface area contributed by atoms with E-state index in [0.29, 0.717) is 36.2 Å². The lowest BCUT2D eigenvalue weighted by atomic mass is 10.1. The second-order valence-electron chi connectivity index (χ2n) is 6.97. The third-order valence-corrected chi connectivity index (χ3v) is 4.31. The molecule has 2 rings (SSSR count). The summed E-state index contributed by atoms with van der Waals surface area (Å²) >= 11 is 0. The van der Waals surface area contributed by atoms with E-state index < -0.39 is 0 Å². The van der Waals surface area contributed by atoms with Crippen LogP contribution in [0.15, 0.2) is 42.7 Å². The summed E-state index contributed by atoms with van der Waals surface area (Å²) in [4.78, 5) is 22.5. The minimum absolute atomic E-state index is 0.370. The fraction of sp³-hybridized carbons (Fsp3) is 0.545. The predicted octanol–water partition coefficient (Wildman–Crippen LogP) is 4.79. The van der Waals surface area contributed by atoms with Gasteiger partial charge in [0.1, 0.15) is 23.0 Å². The van der Waals surface area contributed by atoms with E-state index >= 15 is 0 Å². The van der Waals surface area contributed by atoms with Gasteiger partial charge in [0.15, 0.2) is 0 Å². The van der Waals surface area contributed by atoms with Crippen molar-refractivity contribution in [2.45, 2.75) is 65.2 Å². The van der Waals surface area contributed by atoms with Gasteiger partial charge in [-0.3, -0.25) is 0 Å². The number of rotatable bonds is 13. The maximum atomic E-state index is 11.2. The summed E-state index contributed by atoms with van der Waals surface area (Å²) in [5.74, 6) is 2.31. The summed E-state index contributed by atoms with van der Waals surface area (Å²) in [6.07, 6.45) is 9.03. The molecule has 0 aromatic carbocycles. The molecule has 0 aliphatic rings. The summed E-state index contributed by atoms with van der Waals surface area (Å²) in [5.41, 5.74) is -0.741. The van der Waals surface area contributed by atoms with E-state index in [0.717, 1.165) is 25.7 Å². The van der Waals surface area contributed by atoms with E-state index in [1.165, 1.54) is 37.8 Å². The van der Waals surface area contributed by atoms with Crippen LogP contribution in [-0.2, 0) is 0 Å². The van der Waals surface area contributed by atoms with E-state index in [9.17, 15) is 9.59 Å². The Kier molecular flexibility index (Phi) is 9.39. The maximum absolute atomic E-state index is 11.2. The van der Waals surface area contributed by atoms with Gasteiger partial charge in [0.2, 0.25) is 0 Å². The number of unbranched alkanes of at least 4 members (excludes halogenated alkanes) is 7. The standard InChI is InChI=1S/C22H30O6/c1-17-13-19(15-21(23)27-17)25-11-9-7-5-3-4-6-8-10-12-26-20-14-18(2)28-22(24)16-20/h13-16H,3-12H2,1-2H3. The van der Waals surface area contributed by atoms with Crippen molar-refractivity contribution in [2.24, 2.45) is 0 Å². The van der Waals surface area contributed by atoms with Gasteiger partial charge in [-0.2, -0.15) is 0 Å². The summed E-state index contributed by atoms with van der Waals surface area (Å²) in [6.45, 7) is 4.72. The highest BCUT2D eigenvalue weighted by atomic mass is 16.5. The first-order chi connectivity index (χ1) is 13.5. The summed E-state index contributed by atoms with van der Waals surface area (Å²) < 4.78 is 21.0. The third kappa shape index (κ3) is 8.93. The van der Waals surface area contributed by atoms with Crippen LogP contribution in [0.3, 0.4) is 0 Å². The number of hydrogen-bond acceptors (Lipinski definition) is 6. The Morgan fingerprint density at radius 3 is 1.32 bits per heavy atom. The zero-order chi connectivity index (χ0) is 20.2. The van der Waals surface area contributed by atoms with Crippen molar-refractivity contribution in [2.75, 3.05) is 13.2 Å². The molecule has 6 nitrogen and oxygen atoms in total. The molecule has 28 heavy (non-hydrogen) atoms. The maximum Gasteiger partial charge on any atom is 0.339 e. The fourth-order valence-corrected chi connectivity index (χ4v) is 2.96. The Labute approximate surface area is 165 Å². The molecule has 0 N–H and O–H groups in total. The number of ether oxygens (including phenoxy) is 2. The van der Waals surface area contributed by atoms with E-state index in [-0.39, 0.29) is 11.3 Å². The molecule has 0 saturated heterocycles. The first-order valence-corrected chi connectivity index (χ1v) is 10.0. The Morgan fingerprint density at radius 1 is 0.607 bits per heavy atom. The quantitative estimate of drug-likeness (QED) is 0.458. The molecule has 0 aliphatic carbocycles. The van der Waals surface area contributed by atoms with Crippen molar-refractivity contribution in [3.05, 3.63) is 56.6 Å². The second kappa shape index (κ2) is 12.1. The van der Waals surface area contributed by atoms with Crippen LogP contribution in [0, 0.1) is 13.8 Å². The molecule has 0 saturated carbocycles.